The van der Waals surface area contributed by atoms with Gasteiger partial charge in [0.2, 0.25) is 0 Å². The lowest BCUT2D eigenvalue weighted by Gasteiger charge is -2.21. The molecule has 0 saturated carbocycles. The maximum absolute atomic E-state index is 13.0. The second-order valence-corrected chi connectivity index (χ2v) is 27.7. The molecule has 0 heterocycles. The van der Waals surface area contributed by atoms with Crippen LogP contribution in [0.15, 0.2) is 24.3 Å². The van der Waals surface area contributed by atoms with Gasteiger partial charge in [-0.1, -0.05) is 284 Å². The van der Waals surface area contributed by atoms with E-state index < -0.39 is 97.5 Å². The van der Waals surface area contributed by atoms with Gasteiger partial charge in [-0.05, 0) is 57.3 Å². The summed E-state index contributed by atoms with van der Waals surface area (Å²) in [6.07, 6.45) is 52.0. The SMILES string of the molecule is CCCCCC/C=C\C=C/CCCCCCCC(=O)O[C@H](COC(=O)CCCCCCCCCCCCC(C)CC)COP(=O)(O)OC[C@@H](O)COP(=O)(O)OC[C@@H](COC(=O)CCCCCCCCCC)OC(=O)CCCCCCCCCCCCCC. The molecule has 0 saturated heterocycles. The van der Waals surface area contributed by atoms with Crippen molar-refractivity contribution in [2.45, 2.75) is 355 Å². The van der Waals surface area contributed by atoms with Gasteiger partial charge < -0.3 is 33.8 Å². The summed E-state index contributed by atoms with van der Waals surface area (Å²) >= 11 is 0. The van der Waals surface area contributed by atoms with Crippen molar-refractivity contribution < 1.29 is 80.2 Å². The third-order valence-electron chi connectivity index (χ3n) is 16.0. The third-order valence-corrected chi connectivity index (χ3v) is 17.9. The molecule has 0 aliphatic carbocycles. The van der Waals surface area contributed by atoms with E-state index in [0.29, 0.717) is 25.7 Å². The van der Waals surface area contributed by atoms with E-state index in [9.17, 15) is 43.2 Å². The number of allylic oxidation sites excluding steroid dienone is 4. The molecule has 0 spiro atoms. The highest BCUT2D eigenvalue weighted by atomic mass is 31.2. The second kappa shape index (κ2) is 63.0. The number of phosphoric acid groups is 2. The van der Waals surface area contributed by atoms with Crippen LogP contribution < -0.4 is 0 Å². The first kappa shape index (κ1) is 86.5. The molecule has 524 valence electrons. The van der Waals surface area contributed by atoms with Gasteiger partial charge >= 0.3 is 39.5 Å². The van der Waals surface area contributed by atoms with E-state index in [1.807, 2.05) is 0 Å². The first-order chi connectivity index (χ1) is 43.1. The number of aliphatic hydroxyl groups excluding tert-OH is 1. The van der Waals surface area contributed by atoms with Gasteiger partial charge in [-0.15, -0.1) is 0 Å². The number of rotatable bonds is 68. The highest BCUT2D eigenvalue weighted by Crippen LogP contribution is 2.45. The normalized spacial score (nSPS) is 14.6. The summed E-state index contributed by atoms with van der Waals surface area (Å²) in [5.74, 6) is -1.35. The van der Waals surface area contributed by atoms with Crippen molar-refractivity contribution in [3.05, 3.63) is 24.3 Å². The number of hydrogen-bond acceptors (Lipinski definition) is 15. The average Bonchev–Trinajstić information content (AvgIpc) is 3.69. The van der Waals surface area contributed by atoms with Crippen molar-refractivity contribution in [1.82, 2.24) is 0 Å². The molecule has 0 aromatic rings. The number of ether oxygens (including phenoxy) is 4. The minimum atomic E-state index is -4.96. The lowest BCUT2D eigenvalue weighted by molar-refractivity contribution is -0.161. The maximum Gasteiger partial charge on any atom is 0.472 e. The number of carbonyl (C=O) groups is 4. The van der Waals surface area contributed by atoms with Crippen LogP contribution in [0.2, 0.25) is 0 Å². The largest absolute Gasteiger partial charge is 0.472 e. The summed E-state index contributed by atoms with van der Waals surface area (Å²) in [4.78, 5) is 72.4. The minimum absolute atomic E-state index is 0.0850. The second-order valence-electron chi connectivity index (χ2n) is 24.8. The van der Waals surface area contributed by atoms with E-state index in [1.165, 1.54) is 141 Å². The molecule has 0 fully saturated rings. The summed E-state index contributed by atoms with van der Waals surface area (Å²) in [5, 5.41) is 10.6. The molecular weight excluding hydrogens is 1170 g/mol. The summed E-state index contributed by atoms with van der Waals surface area (Å²) in [6.45, 7) is 7.18. The van der Waals surface area contributed by atoms with Crippen LogP contribution in [0.25, 0.3) is 0 Å². The molecule has 0 amide bonds. The Hall–Kier alpha value is -2.46. The van der Waals surface area contributed by atoms with Gasteiger partial charge in [0.05, 0.1) is 26.4 Å². The van der Waals surface area contributed by atoms with Crippen LogP contribution in [-0.4, -0.2) is 96.7 Å². The van der Waals surface area contributed by atoms with Crippen molar-refractivity contribution in [2.24, 2.45) is 5.92 Å². The predicted molar refractivity (Wildman–Crippen MR) is 358 cm³/mol. The van der Waals surface area contributed by atoms with Crippen LogP contribution in [0.4, 0.5) is 0 Å². The molecule has 3 unspecified atom stereocenters. The molecular formula is C70H132O17P2. The van der Waals surface area contributed by atoms with Crippen LogP contribution >= 0.6 is 15.6 Å². The Kier molecular flexibility index (Phi) is 61.2. The standard InChI is InChI=1S/C70H132O17P2/c1-6-10-13-16-19-22-24-26-27-28-30-36-41-46-51-56-70(75)87-66(60-81-68(73)54-49-44-39-34-32-31-33-37-42-47-52-63(5)9-4)62-85-89(78,79)83-58-64(71)57-82-88(76,77)84-61-65(59-80-67(72)53-48-43-38-21-18-15-12-8-3)86-69(74)55-50-45-40-35-29-25-23-20-17-14-11-7-2/h22,24,26-27,63-66,71H,6-21,23,25,28-62H2,1-5H3,(H,76,77)(H,78,79)/b24-22-,27-26-/t63?,64-,65+,66+/m0/s1. The summed E-state index contributed by atoms with van der Waals surface area (Å²) in [5.41, 5.74) is 0. The van der Waals surface area contributed by atoms with E-state index in [-0.39, 0.29) is 25.7 Å². The Balaban J connectivity index is 5.27. The summed E-state index contributed by atoms with van der Waals surface area (Å²) in [6, 6.07) is 0. The molecule has 3 N–H and O–H groups in total. The molecule has 0 bridgehead atoms. The zero-order valence-electron chi connectivity index (χ0n) is 57.0. The Morgan fingerprint density at radius 2 is 0.629 bits per heavy atom. The van der Waals surface area contributed by atoms with Crippen LogP contribution in [0.1, 0.15) is 336 Å². The fraction of sp³-hybridized carbons (Fsp3) is 0.886. The fourth-order valence-electron chi connectivity index (χ4n) is 10.1. The molecule has 0 radical (unpaired) electrons. The van der Waals surface area contributed by atoms with Gasteiger partial charge in [0.1, 0.15) is 19.3 Å². The van der Waals surface area contributed by atoms with Crippen LogP contribution in [0, 0.1) is 5.92 Å². The van der Waals surface area contributed by atoms with Crippen molar-refractivity contribution in [3.8, 4) is 0 Å². The van der Waals surface area contributed by atoms with Crippen LogP contribution in [0.5, 0.6) is 0 Å². The van der Waals surface area contributed by atoms with Gasteiger partial charge in [0, 0.05) is 25.7 Å². The van der Waals surface area contributed by atoms with E-state index in [0.717, 1.165) is 115 Å². The Bertz CT molecular complexity index is 1810. The molecule has 0 aliphatic rings. The van der Waals surface area contributed by atoms with Crippen molar-refractivity contribution in [1.29, 1.82) is 0 Å². The number of unbranched alkanes of at least 4 members (excludes halogenated alkanes) is 36. The molecule has 89 heavy (non-hydrogen) atoms. The Morgan fingerprint density at radius 3 is 0.955 bits per heavy atom. The quantitative estimate of drug-likeness (QED) is 0.0169. The third kappa shape index (κ3) is 62.7. The molecule has 0 rings (SSSR count). The molecule has 0 aromatic heterocycles. The smallest absolute Gasteiger partial charge is 0.462 e. The van der Waals surface area contributed by atoms with Gasteiger partial charge in [-0.3, -0.25) is 37.3 Å². The predicted octanol–water partition coefficient (Wildman–Crippen LogP) is 19.7. The number of carbonyl (C=O) groups excluding carboxylic acids is 4. The van der Waals surface area contributed by atoms with Gasteiger partial charge in [-0.25, -0.2) is 9.13 Å². The topological polar surface area (TPSA) is 237 Å². The zero-order chi connectivity index (χ0) is 65.6. The minimum Gasteiger partial charge on any atom is -0.462 e. The van der Waals surface area contributed by atoms with Gasteiger partial charge in [0.15, 0.2) is 12.2 Å². The van der Waals surface area contributed by atoms with E-state index in [4.69, 9.17) is 37.0 Å². The van der Waals surface area contributed by atoms with Crippen molar-refractivity contribution in [3.63, 3.8) is 0 Å². The lowest BCUT2D eigenvalue weighted by atomic mass is 9.99. The van der Waals surface area contributed by atoms with Gasteiger partial charge in [-0.2, -0.15) is 0 Å². The zero-order valence-corrected chi connectivity index (χ0v) is 58.8. The number of esters is 4. The molecule has 6 atom stereocenters. The molecule has 17 nitrogen and oxygen atoms in total. The Labute approximate surface area is 542 Å². The summed E-state index contributed by atoms with van der Waals surface area (Å²) in [7, 11) is -9.91. The van der Waals surface area contributed by atoms with Gasteiger partial charge in [0.25, 0.3) is 0 Å². The van der Waals surface area contributed by atoms with Crippen molar-refractivity contribution >= 4 is 39.5 Å². The number of hydrogen-bond donors (Lipinski definition) is 3. The molecule has 0 aliphatic heterocycles. The average molecular weight is 1310 g/mol. The van der Waals surface area contributed by atoms with Crippen LogP contribution in [0.3, 0.4) is 0 Å². The first-order valence-electron chi connectivity index (χ1n) is 36.0. The van der Waals surface area contributed by atoms with E-state index in [1.54, 1.807) is 0 Å². The lowest BCUT2D eigenvalue weighted by Crippen LogP contribution is -2.30. The molecule has 19 heteroatoms. The summed E-state index contributed by atoms with van der Waals surface area (Å²) < 4.78 is 68.2. The van der Waals surface area contributed by atoms with Crippen molar-refractivity contribution in [2.75, 3.05) is 39.6 Å². The highest BCUT2D eigenvalue weighted by molar-refractivity contribution is 7.47. The maximum atomic E-state index is 13.0. The first-order valence-corrected chi connectivity index (χ1v) is 39.0. The monoisotopic (exact) mass is 1310 g/mol. The Morgan fingerprint density at radius 1 is 0.360 bits per heavy atom. The number of phosphoric ester groups is 2. The number of aliphatic hydroxyl groups is 1. The molecule has 0 aromatic carbocycles. The van der Waals surface area contributed by atoms with E-state index >= 15 is 0 Å². The van der Waals surface area contributed by atoms with Crippen LogP contribution in [-0.2, 0) is 65.4 Å². The fourth-order valence-corrected chi connectivity index (χ4v) is 11.6. The van der Waals surface area contributed by atoms with E-state index in [2.05, 4.69) is 58.9 Å². The highest BCUT2D eigenvalue weighted by Gasteiger charge is 2.30.